The first-order chi connectivity index (χ1) is 13.4. The Labute approximate surface area is 174 Å². The van der Waals surface area contributed by atoms with Crippen LogP contribution in [0.5, 0.6) is 0 Å². The van der Waals surface area contributed by atoms with Gasteiger partial charge in [0.05, 0.1) is 16.6 Å². The van der Waals surface area contributed by atoms with Crippen molar-refractivity contribution in [1.29, 1.82) is 0 Å². The molecule has 1 fully saturated rings. The lowest BCUT2D eigenvalue weighted by Crippen LogP contribution is -2.37. The van der Waals surface area contributed by atoms with E-state index in [9.17, 15) is 4.79 Å². The number of nitrogens with zero attached hydrogens (tertiary/aromatic N) is 3. The van der Waals surface area contributed by atoms with E-state index in [2.05, 4.69) is 10.2 Å². The second-order valence-electron chi connectivity index (χ2n) is 6.97. The van der Waals surface area contributed by atoms with Gasteiger partial charge in [-0.05, 0) is 50.5 Å². The number of hydrazine groups is 1. The van der Waals surface area contributed by atoms with Gasteiger partial charge in [0.25, 0.3) is 0 Å². The summed E-state index contributed by atoms with van der Waals surface area (Å²) in [6.45, 7) is 3.41. The highest BCUT2D eigenvalue weighted by atomic mass is 35.5. The molecular weight excluding hydrogens is 398 g/mol. The maximum Gasteiger partial charge on any atom is 0.414 e. The molecule has 2 heterocycles. The van der Waals surface area contributed by atoms with Gasteiger partial charge in [-0.15, -0.1) is 11.3 Å². The van der Waals surface area contributed by atoms with Crippen LogP contribution in [-0.2, 0) is 11.3 Å². The lowest BCUT2D eigenvalue weighted by atomic mass is 10.2. The van der Waals surface area contributed by atoms with Gasteiger partial charge in [0.15, 0.2) is 0 Å². The summed E-state index contributed by atoms with van der Waals surface area (Å²) in [4.78, 5) is 17.1. The number of thiophene rings is 1. The smallest absolute Gasteiger partial charge is 0.414 e. The molecule has 1 aromatic heterocycles. The first-order valence-corrected chi connectivity index (χ1v) is 10.3. The molecule has 3 N–H and O–H groups in total. The fourth-order valence-corrected chi connectivity index (χ4v) is 3.96. The highest BCUT2D eigenvalue weighted by Gasteiger charge is 2.32. The van der Waals surface area contributed by atoms with E-state index in [0.29, 0.717) is 19.6 Å². The number of carbonyl (C=O) groups is 1. The predicted octanol–water partition coefficient (Wildman–Crippen LogP) is 2.76. The van der Waals surface area contributed by atoms with Crippen LogP contribution in [-0.4, -0.2) is 57.4 Å². The van der Waals surface area contributed by atoms with Crippen LogP contribution >= 0.6 is 22.9 Å². The molecule has 152 valence electrons. The summed E-state index contributed by atoms with van der Waals surface area (Å²) in [5.74, 6) is 6.09. The Morgan fingerprint density at radius 2 is 2.00 bits per heavy atom. The Kier molecular flexibility index (Phi) is 7.14. The van der Waals surface area contributed by atoms with Crippen molar-refractivity contribution >= 4 is 40.4 Å². The maximum atomic E-state index is 12.2. The number of cyclic esters (lactones) is 1. The summed E-state index contributed by atoms with van der Waals surface area (Å²) >= 11 is 7.48. The first-order valence-electron chi connectivity index (χ1n) is 9.12. The Balaban J connectivity index is 1.50. The Hall–Kier alpha value is -1.84. The van der Waals surface area contributed by atoms with Crippen molar-refractivity contribution in [3.05, 3.63) is 45.6 Å². The third kappa shape index (κ3) is 5.59. The van der Waals surface area contributed by atoms with Crippen molar-refractivity contribution in [2.24, 2.45) is 5.84 Å². The molecule has 0 saturated carbocycles. The number of nitrogens with two attached hydrogens (primary N) is 1. The largest absolute Gasteiger partial charge is 0.443 e. The molecule has 1 atom stereocenters. The molecule has 9 heteroatoms. The second kappa shape index (κ2) is 9.58. The van der Waals surface area contributed by atoms with E-state index >= 15 is 0 Å². The van der Waals surface area contributed by atoms with Gasteiger partial charge in [-0.25, -0.2) is 10.6 Å². The van der Waals surface area contributed by atoms with E-state index in [1.165, 1.54) is 0 Å². The number of rotatable bonds is 9. The van der Waals surface area contributed by atoms with E-state index in [-0.39, 0.29) is 12.2 Å². The number of hydrogen-bond donors (Lipinski definition) is 2. The van der Waals surface area contributed by atoms with Gasteiger partial charge in [0, 0.05) is 36.7 Å². The van der Waals surface area contributed by atoms with Crippen LogP contribution in [0.25, 0.3) is 0 Å². The fourth-order valence-electron chi connectivity index (χ4n) is 2.90. The van der Waals surface area contributed by atoms with Gasteiger partial charge >= 0.3 is 6.09 Å². The molecule has 1 saturated heterocycles. The summed E-state index contributed by atoms with van der Waals surface area (Å²) in [5, 5.41) is 5.02. The van der Waals surface area contributed by atoms with E-state index in [1.807, 2.05) is 50.5 Å². The van der Waals surface area contributed by atoms with Crippen molar-refractivity contribution in [1.82, 2.24) is 10.2 Å². The van der Waals surface area contributed by atoms with E-state index < -0.39 is 0 Å². The van der Waals surface area contributed by atoms with Gasteiger partial charge in [0.2, 0.25) is 0 Å². The van der Waals surface area contributed by atoms with E-state index in [1.54, 1.807) is 21.2 Å². The molecule has 1 amide bonds. The van der Waals surface area contributed by atoms with Crippen LogP contribution < -0.4 is 21.1 Å². The number of nitrogens with one attached hydrogen (secondary N) is 1. The van der Waals surface area contributed by atoms with Gasteiger partial charge in [0.1, 0.15) is 6.10 Å². The third-order valence-corrected chi connectivity index (χ3v) is 5.69. The molecule has 1 unspecified atom stereocenters. The Morgan fingerprint density at radius 3 is 2.64 bits per heavy atom. The molecule has 1 aromatic carbocycles. The fraction of sp³-hybridized carbons (Fsp3) is 0.421. The van der Waals surface area contributed by atoms with Crippen molar-refractivity contribution in [2.45, 2.75) is 12.6 Å². The molecule has 1 aliphatic rings. The number of amides is 1. The molecule has 0 spiro atoms. The monoisotopic (exact) mass is 423 g/mol. The first kappa shape index (κ1) is 20.9. The van der Waals surface area contributed by atoms with Gasteiger partial charge in [-0.1, -0.05) is 11.6 Å². The van der Waals surface area contributed by atoms with Crippen LogP contribution in [0.4, 0.5) is 16.2 Å². The molecule has 0 aliphatic carbocycles. The number of carbonyl (C=O) groups excluding carboxylic acids is 1. The number of likely N-dealkylation sites (N-methyl/N-ethyl adjacent to an activating group) is 1. The summed E-state index contributed by atoms with van der Waals surface area (Å²) in [6, 6.07) is 11.5. The minimum atomic E-state index is -0.323. The van der Waals surface area contributed by atoms with Crippen LogP contribution in [0.3, 0.4) is 0 Å². The zero-order valence-electron chi connectivity index (χ0n) is 16.1. The number of halogens is 1. The van der Waals surface area contributed by atoms with Crippen molar-refractivity contribution < 1.29 is 9.53 Å². The normalized spacial score (nSPS) is 16.7. The molecule has 0 radical (unpaired) electrons. The zero-order chi connectivity index (χ0) is 20.1. The SMILES string of the molecule is CN(C)CCN(N)c1ccc(N2CC(CNCc3ccc(Cl)s3)OC2=O)cc1. The van der Waals surface area contributed by atoms with Gasteiger partial charge in [-0.3, -0.25) is 4.90 Å². The van der Waals surface area contributed by atoms with E-state index in [4.69, 9.17) is 22.2 Å². The van der Waals surface area contributed by atoms with Gasteiger partial charge < -0.3 is 20.0 Å². The summed E-state index contributed by atoms with van der Waals surface area (Å²) < 4.78 is 6.25. The third-order valence-electron chi connectivity index (χ3n) is 4.46. The Morgan fingerprint density at radius 1 is 1.25 bits per heavy atom. The topological polar surface area (TPSA) is 74.1 Å². The van der Waals surface area contributed by atoms with Crippen LogP contribution in [0, 0.1) is 0 Å². The molecular formula is C19H26ClN5O2S. The summed E-state index contributed by atoms with van der Waals surface area (Å²) in [7, 11) is 4.02. The molecule has 1 aliphatic heterocycles. The molecule has 2 aromatic rings. The van der Waals surface area contributed by atoms with Crippen molar-refractivity contribution in [3.8, 4) is 0 Å². The van der Waals surface area contributed by atoms with Crippen molar-refractivity contribution in [2.75, 3.05) is 50.2 Å². The molecule has 3 rings (SSSR count). The highest BCUT2D eigenvalue weighted by Crippen LogP contribution is 2.24. The van der Waals surface area contributed by atoms with Crippen LogP contribution in [0.2, 0.25) is 4.34 Å². The van der Waals surface area contributed by atoms with E-state index in [0.717, 1.165) is 33.7 Å². The molecule has 0 bridgehead atoms. The van der Waals surface area contributed by atoms with Crippen LogP contribution in [0.1, 0.15) is 4.88 Å². The summed E-state index contributed by atoms with van der Waals surface area (Å²) in [6.07, 6.45) is -0.510. The quantitative estimate of drug-likeness (QED) is 0.477. The molecule has 28 heavy (non-hydrogen) atoms. The minimum absolute atomic E-state index is 0.186. The Bertz CT molecular complexity index is 783. The minimum Gasteiger partial charge on any atom is -0.443 e. The van der Waals surface area contributed by atoms with Crippen molar-refractivity contribution in [3.63, 3.8) is 0 Å². The second-order valence-corrected chi connectivity index (χ2v) is 8.77. The standard InChI is InChI=1S/C19H26ClN5O2S/c1-23(2)9-10-25(21)15-5-3-14(4-6-15)24-13-16(27-19(24)26)11-22-12-17-7-8-18(20)28-17/h3-8,16,22H,9-13,21H2,1-2H3. The lowest BCUT2D eigenvalue weighted by Gasteiger charge is -2.22. The number of hydrogen-bond acceptors (Lipinski definition) is 7. The van der Waals surface area contributed by atoms with Gasteiger partial charge in [-0.2, -0.15) is 0 Å². The average Bonchev–Trinajstić information content (AvgIpc) is 3.25. The highest BCUT2D eigenvalue weighted by molar-refractivity contribution is 7.16. The maximum absolute atomic E-state index is 12.2. The number of benzene rings is 1. The zero-order valence-corrected chi connectivity index (χ0v) is 17.7. The van der Waals surface area contributed by atoms with Crippen LogP contribution in [0.15, 0.2) is 36.4 Å². The number of anilines is 2. The average molecular weight is 424 g/mol. The molecule has 7 nitrogen and oxygen atoms in total. The summed E-state index contributed by atoms with van der Waals surface area (Å²) in [5.41, 5.74) is 1.72. The number of ether oxygens (including phenoxy) is 1. The lowest BCUT2D eigenvalue weighted by molar-refractivity contribution is 0.140. The predicted molar refractivity (Wildman–Crippen MR) is 115 cm³/mol.